The molecule has 1 aliphatic rings. The number of aromatic amines is 1. The average Bonchev–Trinajstić information content (AvgIpc) is 2.59. The Morgan fingerprint density at radius 2 is 2.29 bits per heavy atom. The van der Waals surface area contributed by atoms with Crippen molar-refractivity contribution in [2.45, 2.75) is 19.3 Å². The fourth-order valence-corrected chi connectivity index (χ4v) is 1.61. The molecule has 0 saturated carbocycles. The van der Waals surface area contributed by atoms with Crippen LogP contribution in [0.1, 0.15) is 28.2 Å². The first-order valence-corrected chi connectivity index (χ1v) is 4.38. The van der Waals surface area contributed by atoms with Crippen LogP contribution in [-0.4, -0.2) is 29.1 Å². The summed E-state index contributed by atoms with van der Waals surface area (Å²) in [6.45, 7) is 0. The van der Waals surface area contributed by atoms with E-state index < -0.39 is 5.97 Å². The Morgan fingerprint density at radius 3 is 3.00 bits per heavy atom. The molecule has 0 aromatic carbocycles. The Hall–Kier alpha value is -1.65. The summed E-state index contributed by atoms with van der Waals surface area (Å²) in [7, 11) is 1.30. The first-order chi connectivity index (χ1) is 6.72. The first-order valence-electron chi connectivity index (χ1n) is 4.38. The minimum Gasteiger partial charge on any atom is -0.464 e. The van der Waals surface area contributed by atoms with Crippen molar-refractivity contribution in [3.8, 4) is 0 Å². The predicted octanol–water partition coefficient (Wildman–Crippen LogP) is 0.254. The Labute approximate surface area is 80.4 Å². The second-order valence-corrected chi connectivity index (χ2v) is 3.24. The third-order valence-electron chi connectivity index (χ3n) is 2.36. The number of fused-ring (bicyclic) bond motifs is 1. The minimum atomic E-state index is -0.489. The van der Waals surface area contributed by atoms with Crippen LogP contribution < -0.4 is 0 Å². The van der Waals surface area contributed by atoms with Gasteiger partial charge in [0.1, 0.15) is 5.78 Å². The number of ether oxygens (including phenoxy) is 1. The summed E-state index contributed by atoms with van der Waals surface area (Å²) >= 11 is 0. The Kier molecular flexibility index (Phi) is 2.07. The Bertz CT molecular complexity index is 395. The number of carbonyl (C=O) groups excluding carboxylic acids is 2. The number of ketones is 1. The lowest BCUT2D eigenvalue weighted by Gasteiger charge is -2.09. The maximum absolute atomic E-state index is 11.2. The topological polar surface area (TPSA) is 72.0 Å². The average molecular weight is 194 g/mol. The van der Waals surface area contributed by atoms with Crippen LogP contribution in [0.15, 0.2) is 0 Å². The number of esters is 1. The third-order valence-corrected chi connectivity index (χ3v) is 2.36. The summed E-state index contributed by atoms with van der Waals surface area (Å²) in [5, 5.41) is 6.61. The lowest BCUT2D eigenvalue weighted by Crippen LogP contribution is -2.15. The van der Waals surface area contributed by atoms with Gasteiger partial charge in [-0.3, -0.25) is 9.89 Å². The zero-order valence-electron chi connectivity index (χ0n) is 7.79. The van der Waals surface area contributed by atoms with E-state index in [0.717, 1.165) is 5.69 Å². The van der Waals surface area contributed by atoms with Gasteiger partial charge >= 0.3 is 5.97 Å². The predicted molar refractivity (Wildman–Crippen MR) is 47.0 cm³/mol. The smallest absolute Gasteiger partial charge is 0.358 e. The molecule has 0 radical (unpaired) electrons. The summed E-state index contributed by atoms with van der Waals surface area (Å²) in [5.74, 6) is -0.346. The van der Waals surface area contributed by atoms with E-state index in [1.807, 2.05) is 0 Å². The molecular weight excluding hydrogens is 184 g/mol. The molecule has 1 aromatic heterocycles. The Morgan fingerprint density at radius 1 is 1.50 bits per heavy atom. The van der Waals surface area contributed by atoms with Crippen molar-refractivity contribution in [1.82, 2.24) is 10.2 Å². The van der Waals surface area contributed by atoms with Gasteiger partial charge in [-0.15, -0.1) is 0 Å². The van der Waals surface area contributed by atoms with Crippen LogP contribution in [0, 0.1) is 0 Å². The summed E-state index contributed by atoms with van der Waals surface area (Å²) < 4.78 is 4.56. The van der Waals surface area contributed by atoms with Crippen LogP contribution in [0.2, 0.25) is 0 Å². The van der Waals surface area contributed by atoms with Crippen LogP contribution in [-0.2, 0) is 22.4 Å². The second-order valence-electron chi connectivity index (χ2n) is 3.24. The largest absolute Gasteiger partial charge is 0.464 e. The minimum absolute atomic E-state index is 0.143. The molecule has 0 amide bonds. The molecular formula is C9H10N2O3. The number of nitrogens with one attached hydrogen (secondary N) is 1. The number of methoxy groups -OCH3 is 1. The van der Waals surface area contributed by atoms with Gasteiger partial charge in [0.15, 0.2) is 5.69 Å². The molecule has 0 aliphatic heterocycles. The van der Waals surface area contributed by atoms with Gasteiger partial charge < -0.3 is 4.74 Å². The van der Waals surface area contributed by atoms with Gasteiger partial charge in [-0.2, -0.15) is 5.10 Å². The highest BCUT2D eigenvalue weighted by atomic mass is 16.5. The maximum Gasteiger partial charge on any atom is 0.358 e. The number of hydrogen-bond donors (Lipinski definition) is 1. The molecule has 0 fully saturated rings. The highest BCUT2D eigenvalue weighted by molar-refractivity contribution is 5.92. The van der Waals surface area contributed by atoms with E-state index in [0.29, 0.717) is 18.4 Å². The lowest BCUT2D eigenvalue weighted by atomic mass is 9.95. The van der Waals surface area contributed by atoms with Crippen LogP contribution in [0.5, 0.6) is 0 Å². The zero-order chi connectivity index (χ0) is 10.1. The molecule has 1 N–H and O–H groups in total. The van der Waals surface area contributed by atoms with Gasteiger partial charge in [-0.1, -0.05) is 0 Å². The molecule has 0 spiro atoms. The van der Waals surface area contributed by atoms with Crippen molar-refractivity contribution in [3.63, 3.8) is 0 Å². The maximum atomic E-state index is 11.2. The van der Waals surface area contributed by atoms with Crippen LogP contribution in [0.3, 0.4) is 0 Å². The molecule has 5 heteroatoms. The number of rotatable bonds is 1. The molecule has 0 atom stereocenters. The van der Waals surface area contributed by atoms with Gasteiger partial charge in [0.25, 0.3) is 0 Å². The Balaban J connectivity index is 2.40. The zero-order valence-corrected chi connectivity index (χ0v) is 7.79. The normalized spacial score (nSPS) is 15.1. The van der Waals surface area contributed by atoms with E-state index in [-0.39, 0.29) is 17.9 Å². The SMILES string of the molecule is COC(=O)c1n[nH]c2c1CC(=O)CC2. The molecule has 5 nitrogen and oxygen atoms in total. The van der Waals surface area contributed by atoms with Crippen LogP contribution in [0.25, 0.3) is 0 Å². The van der Waals surface area contributed by atoms with Crippen molar-refractivity contribution in [3.05, 3.63) is 17.0 Å². The number of hydrogen-bond acceptors (Lipinski definition) is 4. The molecule has 1 aliphatic carbocycles. The number of aryl methyl sites for hydroxylation is 1. The van der Waals surface area contributed by atoms with Crippen molar-refractivity contribution < 1.29 is 14.3 Å². The van der Waals surface area contributed by atoms with Crippen molar-refractivity contribution >= 4 is 11.8 Å². The van der Waals surface area contributed by atoms with Crippen molar-refractivity contribution in [1.29, 1.82) is 0 Å². The monoisotopic (exact) mass is 194 g/mol. The molecule has 0 saturated heterocycles. The highest BCUT2D eigenvalue weighted by Crippen LogP contribution is 2.20. The summed E-state index contributed by atoms with van der Waals surface area (Å²) in [4.78, 5) is 22.4. The molecule has 0 bridgehead atoms. The molecule has 1 heterocycles. The second kappa shape index (κ2) is 3.25. The van der Waals surface area contributed by atoms with E-state index in [1.54, 1.807) is 0 Å². The van der Waals surface area contributed by atoms with Crippen molar-refractivity contribution in [2.75, 3.05) is 7.11 Å². The van der Waals surface area contributed by atoms with Crippen molar-refractivity contribution in [2.24, 2.45) is 0 Å². The first kappa shape index (κ1) is 8.93. The lowest BCUT2D eigenvalue weighted by molar-refractivity contribution is -0.118. The van der Waals surface area contributed by atoms with E-state index in [1.165, 1.54) is 7.11 Å². The van der Waals surface area contributed by atoms with E-state index >= 15 is 0 Å². The number of nitrogens with zero attached hydrogens (tertiary/aromatic N) is 1. The van der Waals surface area contributed by atoms with Gasteiger partial charge in [0, 0.05) is 24.1 Å². The number of Topliss-reactive ketones (excluding diaryl/α,β-unsaturated/α-hetero) is 1. The van der Waals surface area contributed by atoms with Gasteiger partial charge in [0.2, 0.25) is 0 Å². The molecule has 1 aromatic rings. The summed E-state index contributed by atoms with van der Waals surface area (Å²) in [5.41, 5.74) is 1.83. The molecule has 74 valence electrons. The molecule has 14 heavy (non-hydrogen) atoms. The number of aromatic nitrogens is 2. The van der Waals surface area contributed by atoms with E-state index in [2.05, 4.69) is 14.9 Å². The fourth-order valence-electron chi connectivity index (χ4n) is 1.61. The fraction of sp³-hybridized carbons (Fsp3) is 0.444. The van der Waals surface area contributed by atoms with Crippen LogP contribution >= 0.6 is 0 Å². The summed E-state index contributed by atoms with van der Waals surface area (Å²) in [6, 6.07) is 0. The molecule has 2 rings (SSSR count). The van der Waals surface area contributed by atoms with E-state index in [4.69, 9.17) is 0 Å². The summed E-state index contributed by atoms with van der Waals surface area (Å²) in [6.07, 6.45) is 1.45. The third kappa shape index (κ3) is 1.30. The van der Waals surface area contributed by atoms with Gasteiger partial charge in [0.05, 0.1) is 7.11 Å². The number of carbonyl (C=O) groups is 2. The van der Waals surface area contributed by atoms with Gasteiger partial charge in [-0.05, 0) is 6.42 Å². The quantitative estimate of drug-likeness (QED) is 0.650. The highest BCUT2D eigenvalue weighted by Gasteiger charge is 2.25. The molecule has 0 unspecified atom stereocenters. The van der Waals surface area contributed by atoms with Crippen LogP contribution in [0.4, 0.5) is 0 Å². The van der Waals surface area contributed by atoms with Gasteiger partial charge in [-0.25, -0.2) is 4.79 Å². The standard InChI is InChI=1S/C9H10N2O3/c1-14-9(13)8-6-4-5(12)2-3-7(6)10-11-8/h2-4H2,1H3,(H,10,11). The van der Waals surface area contributed by atoms with E-state index in [9.17, 15) is 9.59 Å². The number of H-pyrrole nitrogens is 1.